The fraction of sp³-hybridized carbons (Fsp3) is 0. The quantitative estimate of drug-likeness (QED) is 0.231. The summed E-state index contributed by atoms with van der Waals surface area (Å²) in [6, 6.07) is 45.7. The van der Waals surface area contributed by atoms with Crippen molar-refractivity contribution in [1.29, 1.82) is 0 Å². The smallest absolute Gasteiger partial charge is 0.164 e. The summed E-state index contributed by atoms with van der Waals surface area (Å²) in [6.07, 6.45) is 3.64. The number of hydrogen-bond donors (Lipinski definition) is 0. The van der Waals surface area contributed by atoms with Crippen LogP contribution in [0.1, 0.15) is 0 Å². The molecule has 0 aliphatic heterocycles. The number of nitrogens with zero attached hydrogens (tertiary/aromatic N) is 4. The summed E-state index contributed by atoms with van der Waals surface area (Å²) in [4.78, 5) is 18.9. The Labute approximate surface area is 232 Å². The third-order valence-electron chi connectivity index (χ3n) is 7.05. The van der Waals surface area contributed by atoms with Crippen molar-refractivity contribution in [3.8, 4) is 56.4 Å². The Bertz CT molecular complexity index is 1860. The van der Waals surface area contributed by atoms with Crippen LogP contribution in [0.15, 0.2) is 146 Å². The second-order valence-electron chi connectivity index (χ2n) is 9.59. The van der Waals surface area contributed by atoms with Crippen molar-refractivity contribution in [3.05, 3.63) is 146 Å². The van der Waals surface area contributed by atoms with Gasteiger partial charge in [-0.15, -0.1) is 0 Å². The molecule has 0 saturated heterocycles. The molecule has 0 atom stereocenters. The lowest BCUT2D eigenvalue weighted by atomic mass is 9.96. The first-order valence-electron chi connectivity index (χ1n) is 13.2. The van der Waals surface area contributed by atoms with Crippen LogP contribution in [0.4, 0.5) is 0 Å². The van der Waals surface area contributed by atoms with Crippen LogP contribution in [-0.4, -0.2) is 19.9 Å². The summed E-state index contributed by atoms with van der Waals surface area (Å²) in [5.41, 5.74) is 7.50. The normalized spacial score (nSPS) is 11.0. The SMILES string of the molecule is c1ccc(-c2nc(-c3ccccc3)nc(-c3cccc4ccc(-c5ccc(-c6ccncc6)cc5)cc34)n2)cc1. The van der Waals surface area contributed by atoms with Gasteiger partial charge in [-0.05, 0) is 51.2 Å². The molecule has 0 spiro atoms. The number of hydrogen-bond acceptors (Lipinski definition) is 4. The fourth-order valence-corrected chi connectivity index (χ4v) is 4.98. The van der Waals surface area contributed by atoms with Crippen molar-refractivity contribution in [3.63, 3.8) is 0 Å². The van der Waals surface area contributed by atoms with Crippen molar-refractivity contribution in [2.45, 2.75) is 0 Å². The molecule has 5 aromatic carbocycles. The van der Waals surface area contributed by atoms with E-state index in [9.17, 15) is 0 Å². The second kappa shape index (κ2) is 10.4. The van der Waals surface area contributed by atoms with E-state index in [-0.39, 0.29) is 0 Å². The van der Waals surface area contributed by atoms with Crippen LogP contribution in [0.2, 0.25) is 0 Å². The number of rotatable bonds is 5. The first-order chi connectivity index (χ1) is 19.8. The molecule has 188 valence electrons. The third kappa shape index (κ3) is 4.63. The van der Waals surface area contributed by atoms with Gasteiger partial charge in [0, 0.05) is 29.1 Å². The minimum Gasteiger partial charge on any atom is -0.265 e. The Hall–Kier alpha value is -5.48. The molecule has 7 aromatic rings. The van der Waals surface area contributed by atoms with Gasteiger partial charge in [0.2, 0.25) is 0 Å². The van der Waals surface area contributed by atoms with Crippen molar-refractivity contribution >= 4 is 10.8 Å². The first kappa shape index (κ1) is 23.6. The summed E-state index contributed by atoms with van der Waals surface area (Å²) >= 11 is 0. The standard InChI is InChI=1S/C36H24N4/c1-3-8-29(9-4-1)34-38-35(30-10-5-2-6-11-30)40-36(39-34)32-13-7-12-28-18-19-31(24-33(28)32)26-16-14-25(15-17-26)27-20-22-37-23-21-27/h1-24H. The average Bonchev–Trinajstić information content (AvgIpc) is 3.05. The highest BCUT2D eigenvalue weighted by atomic mass is 15.0. The minimum absolute atomic E-state index is 0.656. The van der Waals surface area contributed by atoms with Crippen molar-refractivity contribution in [1.82, 2.24) is 19.9 Å². The molecule has 0 amide bonds. The van der Waals surface area contributed by atoms with Crippen LogP contribution in [0, 0.1) is 0 Å². The van der Waals surface area contributed by atoms with Gasteiger partial charge < -0.3 is 0 Å². The molecule has 7 rings (SSSR count). The van der Waals surface area contributed by atoms with E-state index in [1.807, 2.05) is 85.2 Å². The van der Waals surface area contributed by atoms with E-state index in [0.717, 1.165) is 44.2 Å². The maximum Gasteiger partial charge on any atom is 0.164 e. The van der Waals surface area contributed by atoms with Gasteiger partial charge in [0.1, 0.15) is 0 Å². The molecule has 0 unspecified atom stereocenters. The Morgan fingerprint density at radius 3 is 1.50 bits per heavy atom. The highest BCUT2D eigenvalue weighted by Gasteiger charge is 2.14. The van der Waals surface area contributed by atoms with E-state index >= 15 is 0 Å². The van der Waals surface area contributed by atoms with E-state index < -0.39 is 0 Å². The van der Waals surface area contributed by atoms with E-state index in [2.05, 4.69) is 65.6 Å². The molecule has 0 saturated carbocycles. The molecule has 4 nitrogen and oxygen atoms in total. The Balaban J connectivity index is 1.36. The van der Waals surface area contributed by atoms with Crippen LogP contribution >= 0.6 is 0 Å². The molecule has 0 N–H and O–H groups in total. The van der Waals surface area contributed by atoms with Crippen molar-refractivity contribution in [2.75, 3.05) is 0 Å². The zero-order valence-electron chi connectivity index (χ0n) is 21.6. The van der Waals surface area contributed by atoms with E-state index in [1.54, 1.807) is 0 Å². The molecule has 40 heavy (non-hydrogen) atoms. The lowest BCUT2D eigenvalue weighted by Crippen LogP contribution is -2.00. The molecule has 0 aliphatic rings. The van der Waals surface area contributed by atoms with Gasteiger partial charge in [-0.2, -0.15) is 0 Å². The molecule has 4 heteroatoms. The molecular weight excluding hydrogens is 488 g/mol. The maximum absolute atomic E-state index is 4.97. The van der Waals surface area contributed by atoms with Gasteiger partial charge >= 0.3 is 0 Å². The molecule has 0 aliphatic carbocycles. The second-order valence-corrected chi connectivity index (χ2v) is 9.59. The van der Waals surface area contributed by atoms with Crippen molar-refractivity contribution in [2.24, 2.45) is 0 Å². The topological polar surface area (TPSA) is 51.6 Å². The summed E-state index contributed by atoms with van der Waals surface area (Å²) in [5, 5.41) is 2.24. The van der Waals surface area contributed by atoms with Crippen LogP contribution in [0.5, 0.6) is 0 Å². The number of aromatic nitrogens is 4. The minimum atomic E-state index is 0.656. The van der Waals surface area contributed by atoms with Crippen LogP contribution < -0.4 is 0 Å². The number of fused-ring (bicyclic) bond motifs is 1. The van der Waals surface area contributed by atoms with E-state index in [4.69, 9.17) is 15.0 Å². The highest BCUT2D eigenvalue weighted by molar-refractivity contribution is 5.98. The molecule has 0 radical (unpaired) electrons. The molecule has 0 fully saturated rings. The molecule has 2 aromatic heterocycles. The highest BCUT2D eigenvalue weighted by Crippen LogP contribution is 2.33. The zero-order chi connectivity index (χ0) is 26.7. The zero-order valence-corrected chi connectivity index (χ0v) is 21.6. The maximum atomic E-state index is 4.97. The summed E-state index contributed by atoms with van der Waals surface area (Å²) < 4.78 is 0. The van der Waals surface area contributed by atoms with Gasteiger partial charge in [-0.25, -0.2) is 15.0 Å². The van der Waals surface area contributed by atoms with Gasteiger partial charge in [-0.3, -0.25) is 4.98 Å². The molecular formula is C36H24N4. The van der Waals surface area contributed by atoms with Crippen LogP contribution in [0.3, 0.4) is 0 Å². The van der Waals surface area contributed by atoms with Gasteiger partial charge in [-0.1, -0.05) is 115 Å². The third-order valence-corrected chi connectivity index (χ3v) is 7.05. The summed E-state index contributed by atoms with van der Waals surface area (Å²) in [7, 11) is 0. The van der Waals surface area contributed by atoms with Crippen LogP contribution in [0.25, 0.3) is 67.2 Å². The lowest BCUT2D eigenvalue weighted by Gasteiger charge is -2.12. The molecule has 0 bridgehead atoms. The van der Waals surface area contributed by atoms with Crippen LogP contribution in [-0.2, 0) is 0 Å². The fourth-order valence-electron chi connectivity index (χ4n) is 4.98. The number of benzene rings is 5. The van der Waals surface area contributed by atoms with Gasteiger partial charge in [0.15, 0.2) is 17.5 Å². The lowest BCUT2D eigenvalue weighted by molar-refractivity contribution is 1.08. The summed E-state index contributed by atoms with van der Waals surface area (Å²) in [5.74, 6) is 1.97. The molecule has 2 heterocycles. The van der Waals surface area contributed by atoms with Crippen molar-refractivity contribution < 1.29 is 0 Å². The van der Waals surface area contributed by atoms with Gasteiger partial charge in [0.05, 0.1) is 0 Å². The summed E-state index contributed by atoms with van der Waals surface area (Å²) in [6.45, 7) is 0. The van der Waals surface area contributed by atoms with E-state index in [0.29, 0.717) is 17.5 Å². The number of pyridine rings is 1. The van der Waals surface area contributed by atoms with Gasteiger partial charge in [0.25, 0.3) is 0 Å². The Morgan fingerprint density at radius 1 is 0.350 bits per heavy atom. The van der Waals surface area contributed by atoms with E-state index in [1.165, 1.54) is 5.56 Å². The largest absolute Gasteiger partial charge is 0.265 e. The Morgan fingerprint density at radius 2 is 0.875 bits per heavy atom. The predicted molar refractivity (Wildman–Crippen MR) is 162 cm³/mol. The average molecular weight is 513 g/mol. The Kier molecular flexibility index (Phi) is 6.11. The monoisotopic (exact) mass is 512 g/mol. The first-order valence-corrected chi connectivity index (χ1v) is 13.2. The predicted octanol–water partition coefficient (Wildman–Crippen LogP) is 8.75.